The van der Waals surface area contributed by atoms with Crippen molar-refractivity contribution in [1.29, 1.82) is 0 Å². The maximum atomic E-state index is 13.2. The molecule has 0 fully saturated rings. The lowest BCUT2D eigenvalue weighted by Gasteiger charge is -2.05. The molecule has 5 heteroatoms. The molecule has 0 aliphatic rings. The molecule has 0 aliphatic carbocycles. The first kappa shape index (κ1) is 11.6. The zero-order valence-corrected chi connectivity index (χ0v) is 9.53. The molecular formula is C12H14FN3O. The van der Waals surface area contributed by atoms with Crippen LogP contribution in [0.3, 0.4) is 0 Å². The van der Waals surface area contributed by atoms with E-state index >= 15 is 0 Å². The molecular weight excluding hydrogens is 221 g/mol. The minimum Gasteiger partial charge on any atom is -0.496 e. The van der Waals surface area contributed by atoms with Gasteiger partial charge in [0.05, 0.1) is 12.7 Å². The molecule has 1 aromatic heterocycles. The number of ether oxygens (including phenoxy) is 1. The average molecular weight is 235 g/mol. The fourth-order valence-corrected chi connectivity index (χ4v) is 1.64. The Morgan fingerprint density at radius 2 is 2.29 bits per heavy atom. The normalized spacial score (nSPS) is 10.5. The number of benzene rings is 1. The second-order valence-electron chi connectivity index (χ2n) is 3.64. The highest BCUT2D eigenvalue weighted by Crippen LogP contribution is 2.28. The highest BCUT2D eigenvalue weighted by atomic mass is 19.1. The van der Waals surface area contributed by atoms with Gasteiger partial charge in [0.2, 0.25) is 0 Å². The average Bonchev–Trinajstić information content (AvgIpc) is 2.78. The molecule has 1 aromatic carbocycles. The summed E-state index contributed by atoms with van der Waals surface area (Å²) < 4.78 is 18.4. The van der Waals surface area contributed by atoms with Crippen molar-refractivity contribution in [2.75, 3.05) is 13.7 Å². The van der Waals surface area contributed by atoms with Crippen molar-refractivity contribution in [3.8, 4) is 17.1 Å². The number of halogens is 1. The third-order valence-corrected chi connectivity index (χ3v) is 2.46. The molecule has 90 valence electrons. The molecule has 2 aromatic rings. The summed E-state index contributed by atoms with van der Waals surface area (Å²) in [6, 6.07) is 4.33. The van der Waals surface area contributed by atoms with E-state index in [0.29, 0.717) is 30.1 Å². The first-order valence-electron chi connectivity index (χ1n) is 5.32. The Morgan fingerprint density at radius 1 is 1.47 bits per heavy atom. The van der Waals surface area contributed by atoms with Crippen LogP contribution in [0.2, 0.25) is 0 Å². The SMILES string of the molecule is COc1ccc(F)cc1-c1ncc(CCN)[nH]1. The number of H-pyrrole nitrogens is 1. The topological polar surface area (TPSA) is 63.9 Å². The third kappa shape index (κ3) is 2.45. The Balaban J connectivity index is 2.40. The van der Waals surface area contributed by atoms with E-state index in [2.05, 4.69) is 9.97 Å². The zero-order valence-electron chi connectivity index (χ0n) is 9.53. The molecule has 4 nitrogen and oxygen atoms in total. The molecule has 1 heterocycles. The van der Waals surface area contributed by atoms with Crippen LogP contribution in [-0.4, -0.2) is 23.6 Å². The van der Waals surface area contributed by atoms with Crippen molar-refractivity contribution in [1.82, 2.24) is 9.97 Å². The molecule has 0 saturated heterocycles. The number of aromatic amines is 1. The molecule has 0 spiro atoms. The smallest absolute Gasteiger partial charge is 0.141 e. The number of aromatic nitrogens is 2. The summed E-state index contributed by atoms with van der Waals surface area (Å²) in [5, 5.41) is 0. The lowest BCUT2D eigenvalue weighted by Crippen LogP contribution is -2.02. The van der Waals surface area contributed by atoms with E-state index in [1.54, 1.807) is 19.4 Å². The highest BCUT2D eigenvalue weighted by molar-refractivity contribution is 5.64. The van der Waals surface area contributed by atoms with Crippen LogP contribution in [0.4, 0.5) is 4.39 Å². The van der Waals surface area contributed by atoms with E-state index in [-0.39, 0.29) is 5.82 Å². The second-order valence-corrected chi connectivity index (χ2v) is 3.64. The Bertz CT molecular complexity index is 510. The maximum absolute atomic E-state index is 13.2. The lowest BCUT2D eigenvalue weighted by molar-refractivity contribution is 0.415. The number of nitrogens with zero attached hydrogens (tertiary/aromatic N) is 1. The molecule has 0 radical (unpaired) electrons. The maximum Gasteiger partial charge on any atom is 0.141 e. The van der Waals surface area contributed by atoms with Crippen molar-refractivity contribution in [2.45, 2.75) is 6.42 Å². The fourth-order valence-electron chi connectivity index (χ4n) is 1.64. The number of hydrogen-bond acceptors (Lipinski definition) is 3. The zero-order chi connectivity index (χ0) is 12.3. The number of methoxy groups -OCH3 is 1. The quantitative estimate of drug-likeness (QED) is 0.848. The summed E-state index contributed by atoms with van der Waals surface area (Å²) in [6.45, 7) is 0.544. The summed E-state index contributed by atoms with van der Waals surface area (Å²) in [7, 11) is 1.54. The molecule has 0 unspecified atom stereocenters. The lowest BCUT2D eigenvalue weighted by atomic mass is 10.2. The molecule has 0 bridgehead atoms. The predicted molar refractivity (Wildman–Crippen MR) is 63.3 cm³/mol. The van der Waals surface area contributed by atoms with Crippen LogP contribution < -0.4 is 10.5 Å². The van der Waals surface area contributed by atoms with Gasteiger partial charge in [-0.25, -0.2) is 9.37 Å². The monoisotopic (exact) mass is 235 g/mol. The van der Waals surface area contributed by atoms with E-state index in [1.165, 1.54) is 12.1 Å². The van der Waals surface area contributed by atoms with E-state index in [1.807, 2.05) is 0 Å². The summed E-state index contributed by atoms with van der Waals surface area (Å²) in [5.41, 5.74) is 6.99. The van der Waals surface area contributed by atoms with Gasteiger partial charge in [0.15, 0.2) is 0 Å². The Morgan fingerprint density at radius 3 is 3.00 bits per heavy atom. The van der Waals surface area contributed by atoms with Gasteiger partial charge in [-0.1, -0.05) is 0 Å². The van der Waals surface area contributed by atoms with E-state index in [9.17, 15) is 4.39 Å². The van der Waals surface area contributed by atoms with Gasteiger partial charge in [0, 0.05) is 18.3 Å². The molecule has 0 saturated carbocycles. The Hall–Kier alpha value is -1.88. The molecule has 0 aliphatic heterocycles. The minimum absolute atomic E-state index is 0.322. The van der Waals surface area contributed by atoms with Crippen molar-refractivity contribution in [2.24, 2.45) is 5.73 Å². The van der Waals surface area contributed by atoms with Gasteiger partial charge in [0.25, 0.3) is 0 Å². The van der Waals surface area contributed by atoms with Crippen molar-refractivity contribution >= 4 is 0 Å². The van der Waals surface area contributed by atoms with Gasteiger partial charge in [-0.3, -0.25) is 0 Å². The minimum atomic E-state index is -0.322. The van der Waals surface area contributed by atoms with E-state index in [0.717, 1.165) is 5.69 Å². The summed E-state index contributed by atoms with van der Waals surface area (Å²) in [6.07, 6.45) is 2.41. The molecule has 0 atom stereocenters. The van der Waals surface area contributed by atoms with E-state index in [4.69, 9.17) is 10.5 Å². The van der Waals surface area contributed by atoms with Gasteiger partial charge < -0.3 is 15.5 Å². The summed E-state index contributed by atoms with van der Waals surface area (Å²) in [5.74, 6) is 0.849. The largest absolute Gasteiger partial charge is 0.496 e. The number of rotatable bonds is 4. The van der Waals surface area contributed by atoms with Crippen LogP contribution >= 0.6 is 0 Å². The second kappa shape index (κ2) is 4.97. The highest BCUT2D eigenvalue weighted by Gasteiger charge is 2.10. The Kier molecular flexibility index (Phi) is 3.39. The number of nitrogens with one attached hydrogen (secondary N) is 1. The van der Waals surface area contributed by atoms with Gasteiger partial charge in [-0.2, -0.15) is 0 Å². The predicted octanol–water partition coefficient (Wildman–Crippen LogP) is 1.73. The molecule has 17 heavy (non-hydrogen) atoms. The van der Waals surface area contributed by atoms with E-state index < -0.39 is 0 Å². The number of imidazole rings is 1. The molecule has 3 N–H and O–H groups in total. The molecule has 2 rings (SSSR count). The first-order valence-corrected chi connectivity index (χ1v) is 5.32. The number of hydrogen-bond donors (Lipinski definition) is 2. The fraction of sp³-hybridized carbons (Fsp3) is 0.250. The van der Waals surface area contributed by atoms with Crippen LogP contribution in [-0.2, 0) is 6.42 Å². The Labute approximate surface area is 98.6 Å². The van der Waals surface area contributed by atoms with Gasteiger partial charge in [-0.15, -0.1) is 0 Å². The van der Waals surface area contributed by atoms with Gasteiger partial charge >= 0.3 is 0 Å². The third-order valence-electron chi connectivity index (χ3n) is 2.46. The summed E-state index contributed by atoms with van der Waals surface area (Å²) >= 11 is 0. The van der Waals surface area contributed by atoms with Crippen molar-refractivity contribution in [3.63, 3.8) is 0 Å². The van der Waals surface area contributed by atoms with Crippen LogP contribution in [0.15, 0.2) is 24.4 Å². The number of nitrogens with two attached hydrogens (primary N) is 1. The standard InChI is InChI=1S/C12H14FN3O/c1-17-11-3-2-8(13)6-10(11)12-15-7-9(16-12)4-5-14/h2-3,6-7H,4-5,14H2,1H3,(H,15,16). The first-order chi connectivity index (χ1) is 8.24. The van der Waals surface area contributed by atoms with Crippen LogP contribution in [0.25, 0.3) is 11.4 Å². The van der Waals surface area contributed by atoms with Crippen molar-refractivity contribution in [3.05, 3.63) is 35.9 Å². The van der Waals surface area contributed by atoms with Gasteiger partial charge in [0.1, 0.15) is 17.4 Å². The van der Waals surface area contributed by atoms with Crippen LogP contribution in [0, 0.1) is 5.82 Å². The summed E-state index contributed by atoms with van der Waals surface area (Å²) in [4.78, 5) is 7.29. The van der Waals surface area contributed by atoms with Crippen LogP contribution in [0.5, 0.6) is 5.75 Å². The van der Waals surface area contributed by atoms with Gasteiger partial charge in [-0.05, 0) is 24.7 Å². The van der Waals surface area contributed by atoms with Crippen LogP contribution in [0.1, 0.15) is 5.69 Å². The molecule has 0 amide bonds. The van der Waals surface area contributed by atoms with Crippen molar-refractivity contribution < 1.29 is 9.13 Å².